The molecule has 0 heterocycles. The first-order valence-electron chi connectivity index (χ1n) is 4.67. The molecule has 1 aromatic carbocycles. The quantitative estimate of drug-likeness (QED) is 0.585. The van der Waals surface area contributed by atoms with E-state index in [1.54, 1.807) is 0 Å². The smallest absolute Gasteiger partial charge is 0.287 e. The first-order valence-corrected chi connectivity index (χ1v) is 6.56. The molecule has 1 unspecified atom stereocenters. The second-order valence-corrected chi connectivity index (χ2v) is 5.91. The number of rotatable bonds is 1. The molecule has 0 aliphatic heterocycles. The van der Waals surface area contributed by atoms with Crippen LogP contribution < -0.4 is 0 Å². The van der Waals surface area contributed by atoms with Gasteiger partial charge < -0.3 is 0 Å². The van der Waals surface area contributed by atoms with E-state index >= 15 is 0 Å². The van der Waals surface area contributed by atoms with E-state index in [0.29, 0.717) is 18.4 Å². The van der Waals surface area contributed by atoms with Crippen LogP contribution in [-0.2, 0) is 9.84 Å². The number of hydrogen-bond donors (Lipinski definition) is 0. The maximum atomic E-state index is 13.4. The molecular formula is C10H6F4O3S. The number of ketones is 1. The highest BCUT2D eigenvalue weighted by Gasteiger charge is 2.58. The molecule has 3 nitrogen and oxygen atoms in total. The molecule has 8 heteroatoms. The van der Waals surface area contributed by atoms with Gasteiger partial charge in [0.1, 0.15) is 5.82 Å². The van der Waals surface area contributed by atoms with E-state index in [1.807, 2.05) is 0 Å². The minimum atomic E-state index is -4.44. The monoisotopic (exact) mass is 282 g/mol. The summed E-state index contributed by atoms with van der Waals surface area (Å²) >= 11 is 0. The third-order valence-corrected chi connectivity index (χ3v) is 3.79. The summed E-state index contributed by atoms with van der Waals surface area (Å²) in [7, 11) is -4.04. The van der Waals surface area contributed by atoms with Crippen molar-refractivity contribution in [2.75, 3.05) is 6.26 Å². The van der Waals surface area contributed by atoms with Crippen LogP contribution in [0.15, 0.2) is 17.0 Å². The molecule has 0 saturated carbocycles. The standard InChI is InChI=1S/C10H6F4O3S/c1-18(16,17)5-3-2-4(11)6-7(5)9(15)10(13,14)8(6)12/h2-3,8H,1H3. The van der Waals surface area contributed by atoms with Crippen LogP contribution in [-0.4, -0.2) is 26.4 Å². The molecule has 0 radical (unpaired) electrons. The Morgan fingerprint density at radius 1 is 1.28 bits per heavy atom. The molecule has 1 aromatic rings. The van der Waals surface area contributed by atoms with Crippen molar-refractivity contribution in [3.63, 3.8) is 0 Å². The molecule has 1 aliphatic rings. The molecule has 0 N–H and O–H groups in total. The van der Waals surface area contributed by atoms with Crippen molar-refractivity contribution in [1.82, 2.24) is 0 Å². The van der Waals surface area contributed by atoms with Crippen molar-refractivity contribution in [2.24, 2.45) is 0 Å². The lowest BCUT2D eigenvalue weighted by Gasteiger charge is -2.09. The molecule has 1 aliphatic carbocycles. The maximum Gasteiger partial charge on any atom is 0.344 e. The number of Topliss-reactive ketones (excluding diaryl/α,β-unsaturated/α-hetero) is 1. The lowest BCUT2D eigenvalue weighted by molar-refractivity contribution is -0.0372. The predicted octanol–water partition coefficient (Wildman–Crippen LogP) is 2.07. The number of carbonyl (C=O) groups excluding carboxylic acids is 1. The fourth-order valence-corrected chi connectivity index (χ4v) is 2.72. The van der Waals surface area contributed by atoms with Gasteiger partial charge in [-0.25, -0.2) is 17.2 Å². The van der Waals surface area contributed by atoms with Gasteiger partial charge in [-0.2, -0.15) is 8.78 Å². The van der Waals surface area contributed by atoms with E-state index in [2.05, 4.69) is 0 Å². The Balaban J connectivity index is 2.89. The van der Waals surface area contributed by atoms with Crippen molar-refractivity contribution < 1.29 is 30.8 Å². The summed E-state index contributed by atoms with van der Waals surface area (Å²) in [6, 6.07) is 1.23. The number of fused-ring (bicyclic) bond motifs is 1. The number of halogens is 4. The largest absolute Gasteiger partial charge is 0.344 e. The first-order chi connectivity index (χ1) is 8.08. The Morgan fingerprint density at radius 3 is 2.33 bits per heavy atom. The molecule has 1 atom stereocenters. The third kappa shape index (κ3) is 1.55. The zero-order valence-electron chi connectivity index (χ0n) is 8.88. The highest BCUT2D eigenvalue weighted by Crippen LogP contribution is 2.48. The molecule has 2 rings (SSSR count). The van der Waals surface area contributed by atoms with Gasteiger partial charge in [0.05, 0.1) is 10.5 Å². The highest BCUT2D eigenvalue weighted by molar-refractivity contribution is 7.90. The van der Waals surface area contributed by atoms with Crippen LogP contribution in [0.25, 0.3) is 0 Å². The van der Waals surface area contributed by atoms with Crippen LogP contribution >= 0.6 is 0 Å². The van der Waals surface area contributed by atoms with Gasteiger partial charge in [0.15, 0.2) is 16.0 Å². The molecule has 0 bridgehead atoms. The average molecular weight is 282 g/mol. The number of alkyl halides is 3. The Morgan fingerprint density at radius 2 is 1.83 bits per heavy atom. The van der Waals surface area contributed by atoms with Gasteiger partial charge in [0, 0.05) is 11.8 Å². The van der Waals surface area contributed by atoms with E-state index < -0.39 is 49.6 Å². The Hall–Kier alpha value is -1.44. The predicted molar refractivity (Wildman–Crippen MR) is 52.6 cm³/mol. The lowest BCUT2D eigenvalue weighted by Crippen LogP contribution is -2.26. The Bertz CT molecular complexity index is 651. The van der Waals surface area contributed by atoms with Crippen LogP contribution in [0.2, 0.25) is 0 Å². The van der Waals surface area contributed by atoms with Crippen molar-refractivity contribution >= 4 is 15.6 Å². The van der Waals surface area contributed by atoms with Crippen LogP contribution in [0, 0.1) is 5.82 Å². The van der Waals surface area contributed by atoms with Crippen LogP contribution in [0.3, 0.4) is 0 Å². The fourth-order valence-electron chi connectivity index (χ4n) is 1.83. The molecule has 0 saturated heterocycles. The normalized spacial score (nSPS) is 22.1. The minimum absolute atomic E-state index is 0.552. The van der Waals surface area contributed by atoms with E-state index in [-0.39, 0.29) is 0 Å². The number of carbonyl (C=O) groups is 1. The second kappa shape index (κ2) is 3.53. The Labute approximate surface area is 99.3 Å². The molecule has 0 spiro atoms. The summed E-state index contributed by atoms with van der Waals surface area (Å²) in [5.74, 6) is -7.82. The van der Waals surface area contributed by atoms with Crippen molar-refractivity contribution in [3.8, 4) is 0 Å². The number of benzene rings is 1. The molecular weight excluding hydrogens is 276 g/mol. The Kier molecular flexibility index (Phi) is 2.55. The third-order valence-electron chi connectivity index (χ3n) is 2.66. The summed E-state index contributed by atoms with van der Waals surface area (Å²) in [5.41, 5.74) is -2.28. The zero-order chi connectivity index (χ0) is 13.9. The van der Waals surface area contributed by atoms with Gasteiger partial charge in [0.25, 0.3) is 0 Å². The summed E-state index contributed by atoms with van der Waals surface area (Å²) in [6.07, 6.45) is -2.50. The maximum absolute atomic E-state index is 13.4. The summed E-state index contributed by atoms with van der Waals surface area (Å²) in [6.45, 7) is 0. The lowest BCUT2D eigenvalue weighted by atomic mass is 10.1. The second-order valence-electron chi connectivity index (χ2n) is 3.92. The summed E-state index contributed by atoms with van der Waals surface area (Å²) in [5, 5.41) is 0. The van der Waals surface area contributed by atoms with Crippen LogP contribution in [0.4, 0.5) is 17.6 Å². The zero-order valence-corrected chi connectivity index (χ0v) is 9.69. The molecule has 0 amide bonds. The number of sulfone groups is 1. The fraction of sp³-hybridized carbons (Fsp3) is 0.300. The number of hydrogen-bond acceptors (Lipinski definition) is 3. The van der Waals surface area contributed by atoms with Gasteiger partial charge in [-0.3, -0.25) is 4.79 Å². The molecule has 0 aromatic heterocycles. The molecule has 18 heavy (non-hydrogen) atoms. The van der Waals surface area contributed by atoms with Crippen molar-refractivity contribution in [2.45, 2.75) is 17.0 Å². The summed E-state index contributed by atoms with van der Waals surface area (Å²) < 4.78 is 75.7. The van der Waals surface area contributed by atoms with Crippen LogP contribution in [0.1, 0.15) is 22.1 Å². The van der Waals surface area contributed by atoms with Gasteiger partial charge >= 0.3 is 5.92 Å². The topological polar surface area (TPSA) is 51.2 Å². The van der Waals surface area contributed by atoms with Gasteiger partial charge in [-0.15, -0.1) is 0 Å². The van der Waals surface area contributed by atoms with E-state index in [0.717, 1.165) is 0 Å². The van der Waals surface area contributed by atoms with Gasteiger partial charge in [-0.1, -0.05) is 0 Å². The summed E-state index contributed by atoms with van der Waals surface area (Å²) in [4.78, 5) is 10.5. The molecule has 0 fully saturated rings. The van der Waals surface area contributed by atoms with Crippen molar-refractivity contribution in [3.05, 3.63) is 29.1 Å². The van der Waals surface area contributed by atoms with E-state index in [4.69, 9.17) is 0 Å². The van der Waals surface area contributed by atoms with Gasteiger partial charge in [0.2, 0.25) is 5.78 Å². The SMILES string of the molecule is CS(=O)(=O)c1ccc(F)c2c1C(=O)C(F)(F)C2F. The highest BCUT2D eigenvalue weighted by atomic mass is 32.2. The van der Waals surface area contributed by atoms with E-state index in [1.165, 1.54) is 0 Å². The minimum Gasteiger partial charge on any atom is -0.287 e. The first kappa shape index (κ1) is 13.0. The van der Waals surface area contributed by atoms with Crippen molar-refractivity contribution in [1.29, 1.82) is 0 Å². The molecule has 98 valence electrons. The van der Waals surface area contributed by atoms with Crippen LogP contribution in [0.5, 0.6) is 0 Å². The van der Waals surface area contributed by atoms with Gasteiger partial charge in [-0.05, 0) is 12.1 Å². The average Bonchev–Trinajstić information content (AvgIpc) is 2.40. The van der Waals surface area contributed by atoms with E-state index in [9.17, 15) is 30.8 Å².